The second-order valence-electron chi connectivity index (χ2n) is 15.3. The number of allylic oxidation sites excluding steroid dienone is 1. The van der Waals surface area contributed by atoms with Gasteiger partial charge in [0.05, 0.1) is 24.2 Å². The van der Waals surface area contributed by atoms with E-state index in [0.717, 1.165) is 49.4 Å². The number of likely N-dealkylation sites (tertiary alicyclic amines) is 1. The molecule has 2 aliphatic carbocycles. The second-order valence-corrected chi connectivity index (χ2v) is 17.7. The van der Waals surface area contributed by atoms with Crippen LogP contribution in [-0.2, 0) is 26.5 Å². The summed E-state index contributed by atoms with van der Waals surface area (Å²) in [5.74, 6) is 0.0690. The zero-order chi connectivity index (χ0) is 35.9. The summed E-state index contributed by atoms with van der Waals surface area (Å²) < 4.78 is 59.5. The van der Waals surface area contributed by atoms with E-state index in [-0.39, 0.29) is 54.2 Å². The number of fused-ring (bicyclic) bond motifs is 4. The van der Waals surface area contributed by atoms with Crippen LogP contribution in [0.4, 0.5) is 19.3 Å². The predicted octanol–water partition coefficient (Wildman–Crippen LogP) is 7.27. The molecule has 0 radical (unpaired) electrons. The molecule has 2 fully saturated rings. The van der Waals surface area contributed by atoms with Crippen LogP contribution in [-0.4, -0.2) is 79.2 Å². The first-order chi connectivity index (χ1) is 24.4. The van der Waals surface area contributed by atoms with Gasteiger partial charge in [0.15, 0.2) is 0 Å². The predicted molar refractivity (Wildman–Crippen MR) is 194 cm³/mol. The zero-order valence-corrected chi connectivity index (χ0v) is 30.8. The van der Waals surface area contributed by atoms with Gasteiger partial charge >= 0.3 is 6.03 Å². The summed E-state index contributed by atoms with van der Waals surface area (Å²) >= 11 is 6.44. The number of nitrogens with one attached hydrogen (secondary N) is 1. The lowest BCUT2D eigenvalue weighted by atomic mass is 9.68. The second kappa shape index (κ2) is 14.7. The molecule has 1 spiro atoms. The van der Waals surface area contributed by atoms with Gasteiger partial charge in [-0.2, -0.15) is 0 Å². The first kappa shape index (κ1) is 36.2. The smallest absolute Gasteiger partial charge is 0.329 e. The van der Waals surface area contributed by atoms with Crippen molar-refractivity contribution in [2.75, 3.05) is 50.5 Å². The van der Waals surface area contributed by atoms with Crippen molar-refractivity contribution in [3.8, 4) is 5.75 Å². The summed E-state index contributed by atoms with van der Waals surface area (Å²) in [6.45, 7) is 4.09. The van der Waals surface area contributed by atoms with E-state index in [0.29, 0.717) is 37.2 Å². The highest BCUT2D eigenvalue weighted by molar-refractivity contribution is 7.92. The molecule has 3 aliphatic heterocycles. The molecule has 276 valence electrons. The summed E-state index contributed by atoms with van der Waals surface area (Å²) in [5.41, 5.74) is 3.24. The summed E-state index contributed by atoms with van der Waals surface area (Å²) in [6, 6.07) is 10.7. The number of hydrogen-bond donors (Lipinski definition) is 1. The van der Waals surface area contributed by atoms with Gasteiger partial charge in [0.1, 0.15) is 15.7 Å². The fourth-order valence-electron chi connectivity index (χ4n) is 8.71. The molecule has 1 N–H and O–H groups in total. The number of nitrogens with zero attached hydrogens (tertiary/aromatic N) is 3. The van der Waals surface area contributed by atoms with Gasteiger partial charge in [0.25, 0.3) is 5.91 Å². The number of rotatable bonds is 4. The van der Waals surface area contributed by atoms with Crippen LogP contribution in [0, 0.1) is 23.7 Å². The molecule has 51 heavy (non-hydrogen) atoms. The molecular formula is C38H47ClF2N4O5S. The summed E-state index contributed by atoms with van der Waals surface area (Å²) in [7, 11) is -1.85. The van der Waals surface area contributed by atoms with Gasteiger partial charge in [-0.15, -0.1) is 4.36 Å². The quantitative estimate of drug-likeness (QED) is 0.331. The van der Waals surface area contributed by atoms with Crippen molar-refractivity contribution in [1.82, 2.24) is 9.62 Å². The number of benzene rings is 2. The minimum atomic E-state index is -3.59. The Labute approximate surface area is 304 Å². The molecule has 3 heterocycles. The Hall–Kier alpha value is -3.22. The van der Waals surface area contributed by atoms with E-state index < -0.39 is 28.3 Å². The Balaban J connectivity index is 1.25. The summed E-state index contributed by atoms with van der Waals surface area (Å²) in [4.78, 5) is 30.8. The number of urea groups is 1. The van der Waals surface area contributed by atoms with E-state index in [1.807, 2.05) is 19.1 Å². The van der Waals surface area contributed by atoms with Gasteiger partial charge in [0.2, 0.25) is 6.43 Å². The molecule has 0 aromatic heterocycles. The molecule has 6 atom stereocenters. The molecule has 7 rings (SSSR count). The van der Waals surface area contributed by atoms with E-state index in [1.165, 1.54) is 16.0 Å². The van der Waals surface area contributed by atoms with Crippen LogP contribution in [0.5, 0.6) is 5.75 Å². The largest absolute Gasteiger partial charge is 0.490 e. The Kier molecular flexibility index (Phi) is 10.4. The highest BCUT2D eigenvalue weighted by Crippen LogP contribution is 2.47. The minimum absolute atomic E-state index is 0.0566. The molecule has 2 aromatic carbocycles. The molecule has 3 amide bonds. The van der Waals surface area contributed by atoms with Gasteiger partial charge in [0, 0.05) is 55.7 Å². The van der Waals surface area contributed by atoms with Gasteiger partial charge in [-0.1, -0.05) is 36.7 Å². The number of carbonyl (C=O) groups is 2. The van der Waals surface area contributed by atoms with Crippen LogP contribution in [0.15, 0.2) is 52.9 Å². The highest BCUT2D eigenvalue weighted by Gasteiger charge is 2.44. The van der Waals surface area contributed by atoms with Crippen LogP contribution in [0.3, 0.4) is 0 Å². The lowest BCUT2D eigenvalue weighted by Crippen LogP contribution is -2.55. The van der Waals surface area contributed by atoms with Crippen molar-refractivity contribution in [3.05, 3.63) is 70.3 Å². The number of amides is 3. The summed E-state index contributed by atoms with van der Waals surface area (Å²) in [6.07, 6.45) is 6.85. The van der Waals surface area contributed by atoms with E-state index in [2.05, 4.69) is 32.2 Å². The molecule has 1 unspecified atom stereocenters. The van der Waals surface area contributed by atoms with E-state index in [9.17, 15) is 22.6 Å². The number of methoxy groups -OCH3 is 1. The molecule has 1 saturated carbocycles. The van der Waals surface area contributed by atoms with Crippen molar-refractivity contribution in [1.29, 1.82) is 0 Å². The molecule has 1 saturated heterocycles. The lowest BCUT2D eigenvalue weighted by molar-refractivity contribution is 0.0131. The Bertz CT molecular complexity index is 1810. The molecule has 5 aliphatic rings. The number of hydrogen-bond acceptors (Lipinski definition) is 6. The maximum Gasteiger partial charge on any atom is 0.329 e. The van der Waals surface area contributed by atoms with Crippen LogP contribution >= 0.6 is 11.6 Å². The molecular weight excluding hydrogens is 698 g/mol. The van der Waals surface area contributed by atoms with Crippen molar-refractivity contribution in [3.63, 3.8) is 0 Å². The van der Waals surface area contributed by atoms with E-state index >= 15 is 0 Å². The fourth-order valence-corrected chi connectivity index (χ4v) is 10.8. The van der Waals surface area contributed by atoms with Crippen LogP contribution in [0.25, 0.3) is 0 Å². The molecule has 2 bridgehead atoms. The standard InChI is InChI=1S/C38H47ClF2N4O5S/c1-24-5-3-7-33(49-2)30-11-8-28(30)20-45-22-38(14-4-6-26-16-29(39)10-12-31(26)38)23-50-34-13-9-27(17-32(34)45)36(46)42-51(48,21-24)43-37(47)44-18-25(19-44)15-35(40)41/h3,7,9-10,12-13,16-17,24-25,28,30,33,35H,4-6,8,11,14-15,18-23H2,1-2H3,(H,42,43,46,47,48)/b7-3+/t24-,28-,30+,33-,38-,51?/m0/s1. The molecule has 2 aromatic rings. The van der Waals surface area contributed by atoms with Crippen molar-refractivity contribution in [2.45, 2.75) is 69.8 Å². The van der Waals surface area contributed by atoms with Crippen LogP contribution in [0.1, 0.15) is 66.9 Å². The topological polar surface area (TPSA) is 101 Å². The van der Waals surface area contributed by atoms with Crippen LogP contribution < -0.4 is 14.4 Å². The maximum absolute atomic E-state index is 14.4. The average Bonchev–Trinajstić information content (AvgIpc) is 3.19. The van der Waals surface area contributed by atoms with Crippen LogP contribution in [0.2, 0.25) is 5.02 Å². The Morgan fingerprint density at radius 3 is 2.76 bits per heavy atom. The van der Waals surface area contributed by atoms with Crippen molar-refractivity contribution < 1.29 is 32.1 Å². The van der Waals surface area contributed by atoms with Gasteiger partial charge < -0.3 is 19.3 Å². The van der Waals surface area contributed by atoms with Gasteiger partial charge in [-0.25, -0.2) is 17.8 Å². The number of halogens is 3. The summed E-state index contributed by atoms with van der Waals surface area (Å²) in [5, 5.41) is 0.722. The number of anilines is 1. The Morgan fingerprint density at radius 2 is 2.02 bits per heavy atom. The normalized spacial score (nSPS) is 31.7. The van der Waals surface area contributed by atoms with Gasteiger partial charge in [-0.3, -0.25) is 9.52 Å². The highest BCUT2D eigenvalue weighted by atomic mass is 35.5. The average molecular weight is 745 g/mol. The lowest BCUT2D eigenvalue weighted by Gasteiger charge is -2.46. The minimum Gasteiger partial charge on any atom is -0.490 e. The molecule has 13 heteroatoms. The monoisotopic (exact) mass is 744 g/mol. The third-order valence-electron chi connectivity index (χ3n) is 11.5. The Morgan fingerprint density at radius 1 is 1.20 bits per heavy atom. The maximum atomic E-state index is 14.4. The SMILES string of the molecule is CO[C@H]1/C=C/C[C@H](C)CS(=O)(NC(=O)N2CC(CC(F)F)C2)=NC(=O)c2ccc3c(c2)N(C[C@@H]2CC[C@H]21)C[C@@]1(CCCc2cc(Cl)ccc21)CO3. The van der Waals surface area contributed by atoms with Crippen molar-refractivity contribution in [2.24, 2.45) is 28.0 Å². The number of ether oxygens (including phenoxy) is 2. The van der Waals surface area contributed by atoms with Gasteiger partial charge in [-0.05, 0) is 104 Å². The third-order valence-corrected chi connectivity index (χ3v) is 13.7. The van der Waals surface area contributed by atoms with E-state index in [4.69, 9.17) is 21.1 Å². The number of carbonyl (C=O) groups excluding carboxylic acids is 2. The van der Waals surface area contributed by atoms with E-state index in [1.54, 1.807) is 25.3 Å². The van der Waals surface area contributed by atoms with Crippen molar-refractivity contribution >= 4 is 39.1 Å². The zero-order valence-electron chi connectivity index (χ0n) is 29.2. The first-order valence-corrected chi connectivity index (χ1v) is 20.1. The fraction of sp³-hybridized carbons (Fsp3) is 0.579. The number of alkyl halides is 2. The third kappa shape index (κ3) is 7.64. The molecule has 9 nitrogen and oxygen atoms in total. The first-order valence-electron chi connectivity index (χ1n) is 18.1. The number of aryl methyl sites for hydroxylation is 1.